The SMILES string of the molecule is COc1ccc(COC(=O)C2=C(C)NC3=CCCC(=O)C3C2c2ccccc2[N+](=O)[O-])cc1. The summed E-state index contributed by atoms with van der Waals surface area (Å²) >= 11 is 0. The number of ether oxygens (including phenoxy) is 2. The van der Waals surface area contributed by atoms with E-state index < -0.39 is 22.7 Å². The summed E-state index contributed by atoms with van der Waals surface area (Å²) in [6.45, 7) is 1.74. The van der Waals surface area contributed by atoms with Crippen molar-refractivity contribution in [1.82, 2.24) is 5.32 Å². The molecular formula is C25H24N2O6. The van der Waals surface area contributed by atoms with Crippen molar-refractivity contribution in [2.24, 2.45) is 5.92 Å². The number of benzene rings is 2. The average Bonchev–Trinajstić information content (AvgIpc) is 2.82. The van der Waals surface area contributed by atoms with E-state index in [1.807, 2.05) is 6.08 Å². The highest BCUT2D eigenvalue weighted by molar-refractivity contribution is 5.96. The Balaban J connectivity index is 1.72. The number of nitrogens with one attached hydrogen (secondary N) is 1. The number of methoxy groups -OCH3 is 1. The van der Waals surface area contributed by atoms with Crippen molar-refractivity contribution in [3.63, 3.8) is 0 Å². The van der Waals surface area contributed by atoms with Crippen LogP contribution in [-0.2, 0) is 20.9 Å². The molecule has 0 amide bonds. The minimum atomic E-state index is -0.810. The van der Waals surface area contributed by atoms with Gasteiger partial charge in [-0.2, -0.15) is 0 Å². The van der Waals surface area contributed by atoms with Crippen molar-refractivity contribution in [3.8, 4) is 5.75 Å². The minimum absolute atomic E-state index is 0.0184. The average molecular weight is 448 g/mol. The largest absolute Gasteiger partial charge is 0.497 e. The second kappa shape index (κ2) is 9.28. The number of hydrogen-bond acceptors (Lipinski definition) is 7. The number of carbonyl (C=O) groups is 2. The number of para-hydroxylation sites is 1. The highest BCUT2D eigenvalue weighted by Gasteiger charge is 2.45. The lowest BCUT2D eigenvalue weighted by Crippen LogP contribution is -2.41. The van der Waals surface area contributed by atoms with E-state index in [9.17, 15) is 19.7 Å². The fraction of sp³-hybridized carbons (Fsp3) is 0.280. The first-order valence-electron chi connectivity index (χ1n) is 10.6. The first-order chi connectivity index (χ1) is 15.9. The van der Waals surface area contributed by atoms with Crippen molar-refractivity contribution in [3.05, 3.63) is 92.8 Å². The summed E-state index contributed by atoms with van der Waals surface area (Å²) in [4.78, 5) is 37.6. The maximum Gasteiger partial charge on any atom is 0.336 e. The fourth-order valence-corrected chi connectivity index (χ4v) is 4.48. The molecule has 1 N–H and O–H groups in total. The molecule has 8 nitrogen and oxygen atoms in total. The molecule has 4 rings (SSSR count). The molecule has 0 aromatic heterocycles. The van der Waals surface area contributed by atoms with E-state index in [0.717, 1.165) is 5.56 Å². The molecule has 0 saturated heterocycles. The Morgan fingerprint density at radius 1 is 1.15 bits per heavy atom. The van der Waals surface area contributed by atoms with Crippen LogP contribution < -0.4 is 10.1 Å². The summed E-state index contributed by atoms with van der Waals surface area (Å²) in [5, 5.41) is 14.9. The predicted molar refractivity (Wildman–Crippen MR) is 120 cm³/mol. The van der Waals surface area contributed by atoms with Crippen LogP contribution in [0.15, 0.2) is 71.6 Å². The molecule has 1 aliphatic heterocycles. The van der Waals surface area contributed by atoms with E-state index in [1.165, 1.54) is 6.07 Å². The maximum absolute atomic E-state index is 13.3. The molecule has 0 saturated carbocycles. The third-order valence-electron chi connectivity index (χ3n) is 6.03. The Morgan fingerprint density at radius 3 is 2.58 bits per heavy atom. The Kier molecular flexibility index (Phi) is 6.26. The van der Waals surface area contributed by atoms with Crippen LogP contribution in [-0.4, -0.2) is 23.8 Å². The monoisotopic (exact) mass is 448 g/mol. The molecule has 1 aliphatic carbocycles. The van der Waals surface area contributed by atoms with Crippen LogP contribution in [0.3, 0.4) is 0 Å². The van der Waals surface area contributed by atoms with Crippen molar-refractivity contribution in [2.75, 3.05) is 7.11 Å². The standard InChI is InChI=1S/C25H24N2O6/c1-15-22(25(29)33-14-16-10-12-17(32-2)13-11-16)23(18-6-3-4-8-20(18)27(30)31)24-19(26-15)7-5-9-21(24)28/h3-4,6-8,10-13,23-24,26H,5,9,14H2,1-2H3. The maximum atomic E-state index is 13.3. The lowest BCUT2D eigenvalue weighted by atomic mass is 9.70. The summed E-state index contributed by atoms with van der Waals surface area (Å²) in [6, 6.07) is 13.4. The molecule has 33 heavy (non-hydrogen) atoms. The smallest absolute Gasteiger partial charge is 0.336 e. The van der Waals surface area contributed by atoms with Gasteiger partial charge in [0.1, 0.15) is 18.1 Å². The van der Waals surface area contributed by atoms with Crippen molar-refractivity contribution >= 4 is 17.4 Å². The number of rotatable bonds is 6. The first kappa shape index (κ1) is 22.3. The van der Waals surface area contributed by atoms with Crippen molar-refractivity contribution in [2.45, 2.75) is 32.3 Å². The van der Waals surface area contributed by atoms with Gasteiger partial charge in [0.15, 0.2) is 0 Å². The number of nitro benzene ring substituents is 1. The lowest BCUT2D eigenvalue weighted by molar-refractivity contribution is -0.385. The highest BCUT2D eigenvalue weighted by atomic mass is 16.6. The number of fused-ring (bicyclic) bond motifs is 1. The van der Waals surface area contributed by atoms with E-state index in [4.69, 9.17) is 9.47 Å². The molecule has 1 heterocycles. The van der Waals surface area contributed by atoms with Crippen LogP contribution in [0.25, 0.3) is 0 Å². The van der Waals surface area contributed by atoms with E-state index in [0.29, 0.717) is 35.5 Å². The second-order valence-electron chi connectivity index (χ2n) is 8.02. The number of esters is 1. The summed E-state index contributed by atoms with van der Waals surface area (Å²) in [7, 11) is 1.57. The van der Waals surface area contributed by atoms with Gasteiger partial charge in [-0.15, -0.1) is 0 Å². The molecule has 8 heteroatoms. The van der Waals surface area contributed by atoms with Gasteiger partial charge in [0.05, 0.1) is 23.5 Å². The van der Waals surface area contributed by atoms with Crippen LogP contribution in [0.1, 0.15) is 36.8 Å². The molecule has 2 atom stereocenters. The summed E-state index contributed by atoms with van der Waals surface area (Å²) < 4.78 is 10.7. The van der Waals surface area contributed by atoms with Gasteiger partial charge in [-0.1, -0.05) is 36.4 Å². The van der Waals surface area contributed by atoms with Gasteiger partial charge in [-0.25, -0.2) is 4.79 Å². The van der Waals surface area contributed by atoms with E-state index in [2.05, 4.69) is 5.32 Å². The molecule has 0 radical (unpaired) electrons. The van der Waals surface area contributed by atoms with E-state index >= 15 is 0 Å². The third-order valence-corrected chi connectivity index (χ3v) is 6.03. The summed E-state index contributed by atoms with van der Waals surface area (Å²) in [6.07, 6.45) is 2.84. The number of hydrogen-bond donors (Lipinski definition) is 1. The normalized spacial score (nSPS) is 19.8. The topological polar surface area (TPSA) is 108 Å². The Morgan fingerprint density at radius 2 is 1.88 bits per heavy atom. The molecule has 0 fully saturated rings. The number of Topliss-reactive ketones (excluding diaryl/α,β-unsaturated/α-hetero) is 1. The molecule has 2 aromatic rings. The Labute approximate surface area is 191 Å². The third kappa shape index (κ3) is 4.37. The van der Waals surface area contributed by atoms with Gasteiger partial charge in [-0.05, 0) is 31.0 Å². The van der Waals surface area contributed by atoms with Crippen LogP contribution in [0.4, 0.5) is 5.69 Å². The number of nitro groups is 1. The van der Waals surface area contributed by atoms with Gasteiger partial charge in [-0.3, -0.25) is 14.9 Å². The van der Waals surface area contributed by atoms with Crippen molar-refractivity contribution in [1.29, 1.82) is 0 Å². The number of allylic oxidation sites excluding steroid dienone is 3. The van der Waals surface area contributed by atoms with Crippen LogP contribution in [0, 0.1) is 16.0 Å². The predicted octanol–water partition coefficient (Wildman–Crippen LogP) is 4.17. The zero-order valence-corrected chi connectivity index (χ0v) is 18.4. The van der Waals surface area contributed by atoms with Gasteiger partial charge >= 0.3 is 5.97 Å². The molecular weight excluding hydrogens is 424 g/mol. The highest BCUT2D eigenvalue weighted by Crippen LogP contribution is 2.46. The van der Waals surface area contributed by atoms with Crippen LogP contribution in [0.5, 0.6) is 5.75 Å². The quantitative estimate of drug-likeness (QED) is 0.401. The van der Waals surface area contributed by atoms with E-state index in [1.54, 1.807) is 56.5 Å². The van der Waals surface area contributed by atoms with Gasteiger partial charge in [0.25, 0.3) is 5.69 Å². The first-order valence-corrected chi connectivity index (χ1v) is 10.6. The lowest BCUT2D eigenvalue weighted by Gasteiger charge is -2.37. The second-order valence-corrected chi connectivity index (χ2v) is 8.02. The molecule has 0 spiro atoms. The summed E-state index contributed by atoms with van der Waals surface area (Å²) in [5.74, 6) is -1.50. The number of carbonyl (C=O) groups excluding carboxylic acids is 2. The van der Waals surface area contributed by atoms with Gasteiger partial charge < -0.3 is 14.8 Å². The Hall–Kier alpha value is -3.94. The van der Waals surface area contributed by atoms with E-state index in [-0.39, 0.29) is 23.7 Å². The fourth-order valence-electron chi connectivity index (χ4n) is 4.48. The summed E-state index contributed by atoms with van der Waals surface area (Å²) in [5.41, 5.74) is 2.40. The Bertz CT molecular complexity index is 1170. The molecule has 0 bridgehead atoms. The van der Waals surface area contributed by atoms with Crippen molar-refractivity contribution < 1.29 is 24.0 Å². The molecule has 2 unspecified atom stereocenters. The number of ketones is 1. The minimum Gasteiger partial charge on any atom is -0.497 e. The molecule has 2 aliphatic rings. The van der Waals surface area contributed by atoms with Gasteiger partial charge in [0.2, 0.25) is 0 Å². The van der Waals surface area contributed by atoms with Crippen LogP contribution >= 0.6 is 0 Å². The van der Waals surface area contributed by atoms with Gasteiger partial charge in [0, 0.05) is 35.4 Å². The number of nitrogens with zero attached hydrogens (tertiary/aromatic N) is 1. The molecule has 2 aromatic carbocycles. The zero-order valence-electron chi connectivity index (χ0n) is 18.4. The molecule has 170 valence electrons. The van der Waals surface area contributed by atoms with Crippen LogP contribution in [0.2, 0.25) is 0 Å². The zero-order chi connectivity index (χ0) is 23.5.